The van der Waals surface area contributed by atoms with E-state index >= 15 is 0 Å². The van der Waals surface area contributed by atoms with Crippen molar-refractivity contribution in [3.8, 4) is 5.75 Å². The van der Waals surface area contributed by atoms with Crippen molar-refractivity contribution in [2.75, 3.05) is 24.7 Å². The van der Waals surface area contributed by atoms with Gasteiger partial charge in [0.25, 0.3) is 0 Å². The highest BCUT2D eigenvalue weighted by Gasteiger charge is 2.24. The molecule has 1 aliphatic rings. The van der Waals surface area contributed by atoms with Gasteiger partial charge in [0.2, 0.25) is 10.0 Å². The van der Waals surface area contributed by atoms with Gasteiger partial charge in [0, 0.05) is 24.8 Å². The Morgan fingerprint density at radius 1 is 1.37 bits per heavy atom. The molecule has 19 heavy (non-hydrogen) atoms. The Labute approximate surface area is 118 Å². The molecular weight excluding hydrogens is 288 g/mol. The molecule has 1 aromatic carbocycles. The Kier molecular flexibility index (Phi) is 4.23. The minimum absolute atomic E-state index is 0.0547. The maximum absolute atomic E-state index is 11.4. The molecule has 2 rings (SSSR count). The van der Waals surface area contributed by atoms with Crippen LogP contribution in [0, 0.1) is 0 Å². The van der Waals surface area contributed by atoms with Crippen molar-refractivity contribution in [3.63, 3.8) is 0 Å². The number of halogens is 1. The molecule has 2 N–H and O–H groups in total. The average molecular weight is 305 g/mol. The normalized spacial score (nSPS) is 18.4. The molecule has 0 unspecified atom stereocenters. The van der Waals surface area contributed by atoms with Crippen LogP contribution in [0.5, 0.6) is 5.75 Å². The molecule has 1 aromatic rings. The van der Waals surface area contributed by atoms with E-state index in [-0.39, 0.29) is 11.8 Å². The number of piperidine rings is 1. The van der Waals surface area contributed by atoms with Crippen LogP contribution in [0.1, 0.15) is 12.8 Å². The summed E-state index contributed by atoms with van der Waals surface area (Å²) in [6, 6.07) is 5.18. The predicted octanol–water partition coefficient (Wildman–Crippen LogP) is 1.88. The van der Waals surface area contributed by atoms with Crippen LogP contribution in [0.25, 0.3) is 0 Å². The first kappa shape index (κ1) is 14.4. The summed E-state index contributed by atoms with van der Waals surface area (Å²) in [5, 5.41) is 12.9. The molecule has 5 nitrogen and oxygen atoms in total. The number of hydrogen-bond acceptors (Lipinski definition) is 4. The zero-order valence-corrected chi connectivity index (χ0v) is 12.2. The first-order valence-corrected chi connectivity index (χ1v) is 8.29. The number of nitrogens with one attached hydrogen (secondary N) is 1. The van der Waals surface area contributed by atoms with E-state index in [0.29, 0.717) is 18.1 Å². The van der Waals surface area contributed by atoms with Gasteiger partial charge in [-0.3, -0.25) is 0 Å². The Balaban J connectivity index is 1.94. The van der Waals surface area contributed by atoms with Crippen LogP contribution >= 0.6 is 11.6 Å². The topological polar surface area (TPSA) is 69.6 Å². The second-order valence-electron chi connectivity index (χ2n) is 4.75. The zero-order chi connectivity index (χ0) is 14.0. The minimum Gasteiger partial charge on any atom is -0.506 e. The highest BCUT2D eigenvalue weighted by molar-refractivity contribution is 7.88. The van der Waals surface area contributed by atoms with Crippen LogP contribution in [-0.4, -0.2) is 43.2 Å². The maximum Gasteiger partial charge on any atom is 0.211 e. The first-order valence-electron chi connectivity index (χ1n) is 6.06. The number of anilines is 1. The van der Waals surface area contributed by atoms with Gasteiger partial charge >= 0.3 is 0 Å². The lowest BCUT2D eigenvalue weighted by Crippen LogP contribution is -2.41. The molecule has 0 bridgehead atoms. The van der Waals surface area contributed by atoms with Gasteiger partial charge in [0.05, 0.1) is 11.3 Å². The summed E-state index contributed by atoms with van der Waals surface area (Å²) in [7, 11) is -3.08. The summed E-state index contributed by atoms with van der Waals surface area (Å²) in [5.41, 5.74) is 0.834. The van der Waals surface area contributed by atoms with Crippen molar-refractivity contribution >= 4 is 27.3 Å². The van der Waals surface area contributed by atoms with E-state index < -0.39 is 10.0 Å². The Hall–Kier alpha value is -0.980. The highest BCUT2D eigenvalue weighted by Crippen LogP contribution is 2.27. The van der Waals surface area contributed by atoms with Gasteiger partial charge in [-0.15, -0.1) is 0 Å². The molecule has 0 amide bonds. The van der Waals surface area contributed by atoms with Crippen LogP contribution in [0.4, 0.5) is 5.69 Å². The summed E-state index contributed by atoms with van der Waals surface area (Å²) in [6.07, 6.45) is 2.75. The maximum atomic E-state index is 11.4. The first-order chi connectivity index (χ1) is 8.86. The van der Waals surface area contributed by atoms with E-state index in [1.807, 2.05) is 0 Å². The van der Waals surface area contributed by atoms with Gasteiger partial charge in [-0.25, -0.2) is 12.7 Å². The quantitative estimate of drug-likeness (QED) is 0.837. The Bertz CT molecular complexity index is 554. The number of benzene rings is 1. The second-order valence-corrected chi connectivity index (χ2v) is 7.14. The van der Waals surface area contributed by atoms with E-state index in [2.05, 4.69) is 5.32 Å². The van der Waals surface area contributed by atoms with E-state index in [1.165, 1.54) is 16.6 Å². The van der Waals surface area contributed by atoms with Crippen LogP contribution in [0.3, 0.4) is 0 Å². The lowest BCUT2D eigenvalue weighted by molar-refractivity contribution is 0.332. The van der Waals surface area contributed by atoms with Gasteiger partial charge in [-0.05, 0) is 31.0 Å². The molecule has 0 radical (unpaired) electrons. The molecule has 0 saturated carbocycles. The monoisotopic (exact) mass is 304 g/mol. The third-order valence-corrected chi connectivity index (χ3v) is 4.85. The molecule has 106 valence electrons. The minimum atomic E-state index is -3.08. The number of rotatable bonds is 3. The van der Waals surface area contributed by atoms with Gasteiger partial charge in [0.1, 0.15) is 5.75 Å². The summed E-state index contributed by atoms with van der Waals surface area (Å²) in [5.74, 6) is 0.0547. The van der Waals surface area contributed by atoms with Crippen molar-refractivity contribution in [3.05, 3.63) is 23.2 Å². The number of sulfonamides is 1. The smallest absolute Gasteiger partial charge is 0.211 e. The molecule has 0 spiro atoms. The Morgan fingerprint density at radius 2 is 2.00 bits per heavy atom. The van der Waals surface area contributed by atoms with Crippen molar-refractivity contribution < 1.29 is 13.5 Å². The van der Waals surface area contributed by atoms with E-state index in [1.54, 1.807) is 12.1 Å². The fourth-order valence-corrected chi connectivity index (χ4v) is 3.22. The van der Waals surface area contributed by atoms with E-state index in [4.69, 9.17) is 11.6 Å². The van der Waals surface area contributed by atoms with Gasteiger partial charge in [-0.1, -0.05) is 11.6 Å². The predicted molar refractivity (Wildman–Crippen MR) is 76.2 cm³/mol. The molecule has 1 saturated heterocycles. The molecule has 0 atom stereocenters. The summed E-state index contributed by atoms with van der Waals surface area (Å²) < 4.78 is 24.3. The van der Waals surface area contributed by atoms with Crippen LogP contribution in [0.15, 0.2) is 18.2 Å². The van der Waals surface area contributed by atoms with Crippen molar-refractivity contribution in [1.29, 1.82) is 0 Å². The SMILES string of the molecule is CS(=O)(=O)N1CCC(Nc2ccc(O)c(Cl)c2)CC1. The van der Waals surface area contributed by atoms with Gasteiger partial charge in [-0.2, -0.15) is 0 Å². The highest BCUT2D eigenvalue weighted by atomic mass is 35.5. The van der Waals surface area contributed by atoms with Gasteiger partial charge in [0.15, 0.2) is 0 Å². The third kappa shape index (κ3) is 3.75. The molecule has 0 aliphatic carbocycles. The summed E-state index contributed by atoms with van der Waals surface area (Å²) >= 11 is 5.84. The molecule has 1 heterocycles. The van der Waals surface area contributed by atoms with Crippen LogP contribution < -0.4 is 5.32 Å². The molecule has 1 fully saturated rings. The van der Waals surface area contributed by atoms with E-state index in [9.17, 15) is 13.5 Å². The molecule has 7 heteroatoms. The zero-order valence-electron chi connectivity index (χ0n) is 10.6. The molecule has 1 aliphatic heterocycles. The molecule has 0 aromatic heterocycles. The molecular formula is C12H17ClN2O3S. The van der Waals surface area contributed by atoms with Crippen molar-refractivity contribution in [2.45, 2.75) is 18.9 Å². The standard InChI is InChI=1S/C12H17ClN2O3S/c1-19(17,18)15-6-4-9(5-7-15)14-10-2-3-12(16)11(13)8-10/h2-3,8-9,14,16H,4-7H2,1H3. The van der Waals surface area contributed by atoms with Crippen LogP contribution in [0.2, 0.25) is 5.02 Å². The summed E-state index contributed by atoms with van der Waals surface area (Å²) in [4.78, 5) is 0. The van der Waals surface area contributed by atoms with Crippen molar-refractivity contribution in [1.82, 2.24) is 4.31 Å². The number of phenols is 1. The number of aromatic hydroxyl groups is 1. The van der Waals surface area contributed by atoms with Gasteiger partial charge < -0.3 is 10.4 Å². The summed E-state index contributed by atoms with van der Waals surface area (Å²) in [6.45, 7) is 1.06. The largest absolute Gasteiger partial charge is 0.506 e. The fraction of sp³-hybridized carbons (Fsp3) is 0.500. The lowest BCUT2D eigenvalue weighted by Gasteiger charge is -2.31. The lowest BCUT2D eigenvalue weighted by atomic mass is 10.1. The fourth-order valence-electron chi connectivity index (χ4n) is 2.16. The second kappa shape index (κ2) is 5.56. The Morgan fingerprint density at radius 3 is 2.53 bits per heavy atom. The van der Waals surface area contributed by atoms with Crippen molar-refractivity contribution in [2.24, 2.45) is 0 Å². The number of nitrogens with zero attached hydrogens (tertiary/aromatic N) is 1. The number of phenolic OH excluding ortho intramolecular Hbond substituents is 1. The number of hydrogen-bond donors (Lipinski definition) is 2. The average Bonchev–Trinajstić information content (AvgIpc) is 2.33. The third-order valence-electron chi connectivity index (χ3n) is 3.24. The van der Waals surface area contributed by atoms with Crippen LogP contribution in [-0.2, 0) is 10.0 Å². The van der Waals surface area contributed by atoms with E-state index in [0.717, 1.165) is 18.5 Å².